The molecule has 1 aromatic heterocycles. The molecule has 0 saturated carbocycles. The Morgan fingerprint density at radius 1 is 1.03 bits per heavy atom. The van der Waals surface area contributed by atoms with Gasteiger partial charge in [0.15, 0.2) is 0 Å². The van der Waals surface area contributed by atoms with Gasteiger partial charge >= 0.3 is 0 Å². The number of aromatic nitrogens is 1. The minimum Gasteiger partial charge on any atom is -0.370 e. The molecule has 0 spiro atoms. The summed E-state index contributed by atoms with van der Waals surface area (Å²) in [5.41, 5.74) is 2.12. The SMILES string of the molecule is Cc1ccc(NC(=O)c2ccc(I)cc2N2CCC(=C(F)F)CC2)nc1N1CCC(F)(F)CC1. The van der Waals surface area contributed by atoms with Gasteiger partial charge in [-0.3, -0.25) is 4.79 Å². The van der Waals surface area contributed by atoms with Crippen molar-refractivity contribution in [3.05, 3.63) is 56.7 Å². The fourth-order valence-corrected chi connectivity index (χ4v) is 4.78. The van der Waals surface area contributed by atoms with Gasteiger partial charge in [-0.1, -0.05) is 6.07 Å². The number of carbonyl (C=O) groups is 1. The van der Waals surface area contributed by atoms with Crippen LogP contribution in [0.5, 0.6) is 0 Å². The Balaban J connectivity index is 1.53. The summed E-state index contributed by atoms with van der Waals surface area (Å²) in [6.07, 6.45) is -1.55. The summed E-state index contributed by atoms with van der Waals surface area (Å²) in [6, 6.07) is 8.90. The van der Waals surface area contributed by atoms with E-state index in [0.717, 1.165) is 9.13 Å². The first-order valence-corrected chi connectivity index (χ1v) is 12.2. The van der Waals surface area contributed by atoms with E-state index in [1.807, 2.05) is 34.9 Å². The van der Waals surface area contributed by atoms with E-state index in [4.69, 9.17) is 0 Å². The molecule has 2 saturated heterocycles. The lowest BCUT2D eigenvalue weighted by Crippen LogP contribution is -2.40. The molecule has 2 aliphatic heterocycles. The van der Waals surface area contributed by atoms with Crippen molar-refractivity contribution in [3.63, 3.8) is 0 Å². The summed E-state index contributed by atoms with van der Waals surface area (Å²) in [7, 11) is 0. The van der Waals surface area contributed by atoms with Crippen LogP contribution in [0.1, 0.15) is 41.6 Å². The number of nitrogens with zero attached hydrogens (tertiary/aromatic N) is 3. The van der Waals surface area contributed by atoms with Crippen LogP contribution >= 0.6 is 22.6 Å². The van der Waals surface area contributed by atoms with Crippen molar-refractivity contribution >= 4 is 45.8 Å². The molecule has 2 aromatic rings. The summed E-state index contributed by atoms with van der Waals surface area (Å²) in [4.78, 5) is 21.5. The molecule has 1 N–H and O–H groups in total. The lowest BCUT2D eigenvalue weighted by atomic mass is 10.0. The maximum Gasteiger partial charge on any atom is 0.269 e. The standard InChI is InChI=1S/C24H25F4IN4O/c1-15-2-5-20(30-22(15)33-12-8-24(27,28)9-13-33)31-23(34)18-4-3-17(29)14-19(18)32-10-6-16(7-11-32)21(25)26/h2-5,14H,6-13H2,1H3,(H,30,31,34). The van der Waals surface area contributed by atoms with Crippen LogP contribution in [0.2, 0.25) is 0 Å². The number of anilines is 3. The molecular weight excluding hydrogens is 563 g/mol. The monoisotopic (exact) mass is 588 g/mol. The molecule has 5 nitrogen and oxygen atoms in total. The van der Waals surface area contributed by atoms with Crippen LogP contribution in [-0.2, 0) is 0 Å². The van der Waals surface area contributed by atoms with E-state index in [2.05, 4.69) is 32.9 Å². The zero-order chi connectivity index (χ0) is 24.5. The number of hydrogen-bond donors (Lipinski definition) is 1. The van der Waals surface area contributed by atoms with E-state index in [9.17, 15) is 22.4 Å². The van der Waals surface area contributed by atoms with E-state index in [-0.39, 0.29) is 50.3 Å². The molecule has 10 heteroatoms. The van der Waals surface area contributed by atoms with Crippen molar-refractivity contribution in [2.75, 3.05) is 41.3 Å². The number of alkyl halides is 2. The second-order valence-electron chi connectivity index (χ2n) is 8.65. The molecule has 3 heterocycles. The van der Waals surface area contributed by atoms with Crippen LogP contribution in [0.4, 0.5) is 34.9 Å². The molecule has 1 amide bonds. The number of carbonyl (C=O) groups excluding carboxylic acids is 1. The highest BCUT2D eigenvalue weighted by atomic mass is 127. The van der Waals surface area contributed by atoms with Crippen molar-refractivity contribution in [1.82, 2.24) is 4.98 Å². The average Bonchev–Trinajstić information content (AvgIpc) is 2.80. The Morgan fingerprint density at radius 2 is 1.71 bits per heavy atom. The van der Waals surface area contributed by atoms with Gasteiger partial charge in [0.05, 0.1) is 11.3 Å². The Kier molecular flexibility index (Phi) is 7.34. The van der Waals surface area contributed by atoms with E-state index < -0.39 is 12.0 Å². The lowest BCUT2D eigenvalue weighted by molar-refractivity contribution is -0.0221. The maximum absolute atomic E-state index is 13.6. The number of halogens is 5. The van der Waals surface area contributed by atoms with Crippen LogP contribution in [0, 0.1) is 10.5 Å². The molecule has 0 bridgehead atoms. The van der Waals surface area contributed by atoms with Crippen molar-refractivity contribution in [2.45, 2.75) is 38.5 Å². The molecule has 34 heavy (non-hydrogen) atoms. The minimum atomic E-state index is -2.65. The van der Waals surface area contributed by atoms with Crippen molar-refractivity contribution in [3.8, 4) is 0 Å². The zero-order valence-corrected chi connectivity index (χ0v) is 20.8. The van der Waals surface area contributed by atoms with Gasteiger partial charge in [0.1, 0.15) is 11.6 Å². The third-order valence-corrected chi connectivity index (χ3v) is 6.96. The first-order valence-electron chi connectivity index (χ1n) is 11.1. The van der Waals surface area contributed by atoms with Gasteiger partial charge in [-0.2, -0.15) is 8.78 Å². The number of hydrogen-bond acceptors (Lipinski definition) is 4. The van der Waals surface area contributed by atoms with Crippen LogP contribution < -0.4 is 15.1 Å². The van der Waals surface area contributed by atoms with Crippen LogP contribution in [0.3, 0.4) is 0 Å². The Morgan fingerprint density at radius 3 is 2.35 bits per heavy atom. The largest absolute Gasteiger partial charge is 0.370 e. The van der Waals surface area contributed by atoms with Crippen LogP contribution in [0.25, 0.3) is 0 Å². The quantitative estimate of drug-likeness (QED) is 0.340. The number of rotatable bonds is 4. The predicted octanol–water partition coefficient (Wildman–Crippen LogP) is 6.23. The summed E-state index contributed by atoms with van der Waals surface area (Å²) in [6.45, 7) is 3.06. The minimum absolute atomic E-state index is 0.166. The summed E-state index contributed by atoms with van der Waals surface area (Å²) >= 11 is 2.16. The fraction of sp³-hybridized carbons (Fsp3) is 0.417. The molecule has 1 aromatic carbocycles. The Hall–Kier alpha value is -2.37. The number of piperidine rings is 2. The van der Waals surface area contributed by atoms with E-state index in [1.54, 1.807) is 12.1 Å². The van der Waals surface area contributed by atoms with Crippen molar-refractivity contribution < 1.29 is 22.4 Å². The zero-order valence-electron chi connectivity index (χ0n) is 18.7. The highest BCUT2D eigenvalue weighted by Gasteiger charge is 2.34. The number of benzene rings is 1. The molecule has 4 rings (SSSR count). The summed E-state index contributed by atoms with van der Waals surface area (Å²) < 4.78 is 54.0. The second kappa shape index (κ2) is 10.1. The highest BCUT2D eigenvalue weighted by Crippen LogP contribution is 2.33. The topological polar surface area (TPSA) is 48.5 Å². The van der Waals surface area contributed by atoms with Crippen LogP contribution in [0.15, 0.2) is 42.0 Å². The van der Waals surface area contributed by atoms with Gasteiger partial charge < -0.3 is 15.1 Å². The summed E-state index contributed by atoms with van der Waals surface area (Å²) in [5, 5.41) is 2.82. The Bertz CT molecular complexity index is 1100. The van der Waals surface area contributed by atoms with E-state index in [0.29, 0.717) is 36.0 Å². The molecule has 0 radical (unpaired) electrons. The number of amides is 1. The maximum atomic E-state index is 13.6. The van der Waals surface area contributed by atoms with Gasteiger partial charge in [0, 0.05) is 42.6 Å². The van der Waals surface area contributed by atoms with Crippen molar-refractivity contribution in [1.29, 1.82) is 0 Å². The normalized spacial score (nSPS) is 18.1. The number of aryl methyl sites for hydroxylation is 1. The van der Waals surface area contributed by atoms with Gasteiger partial charge in [0.2, 0.25) is 0 Å². The Labute approximate surface area is 209 Å². The number of nitrogens with one attached hydrogen (secondary N) is 1. The third-order valence-electron chi connectivity index (χ3n) is 6.29. The van der Waals surface area contributed by atoms with Gasteiger partial charge in [0.25, 0.3) is 17.9 Å². The van der Waals surface area contributed by atoms with Gasteiger partial charge in [-0.15, -0.1) is 0 Å². The second-order valence-corrected chi connectivity index (χ2v) is 9.89. The number of pyridine rings is 1. The third kappa shape index (κ3) is 5.64. The molecule has 2 aliphatic rings. The smallest absolute Gasteiger partial charge is 0.269 e. The average molecular weight is 588 g/mol. The van der Waals surface area contributed by atoms with Gasteiger partial charge in [-0.05, 0) is 77.8 Å². The molecule has 2 fully saturated rings. The van der Waals surface area contributed by atoms with Gasteiger partial charge in [-0.25, -0.2) is 13.8 Å². The van der Waals surface area contributed by atoms with E-state index >= 15 is 0 Å². The van der Waals surface area contributed by atoms with E-state index in [1.165, 1.54) is 0 Å². The molecular formula is C24H25F4IN4O. The predicted molar refractivity (Wildman–Crippen MR) is 133 cm³/mol. The lowest BCUT2D eigenvalue weighted by Gasteiger charge is -2.33. The molecule has 0 atom stereocenters. The van der Waals surface area contributed by atoms with Crippen molar-refractivity contribution in [2.24, 2.45) is 0 Å². The molecule has 182 valence electrons. The summed E-state index contributed by atoms with van der Waals surface area (Å²) in [5.74, 6) is -2.11. The highest BCUT2D eigenvalue weighted by molar-refractivity contribution is 14.1. The van der Waals surface area contributed by atoms with Crippen LogP contribution in [-0.4, -0.2) is 43.0 Å². The molecule has 0 unspecified atom stereocenters. The molecule has 0 aliphatic carbocycles. The fourth-order valence-electron chi connectivity index (χ4n) is 4.30. The first-order chi connectivity index (χ1) is 16.1. The first kappa shape index (κ1) is 24.7.